The average molecular weight is 262 g/mol. The molecular formula is C14H18N2O3. The summed E-state index contributed by atoms with van der Waals surface area (Å²) in [5, 5.41) is 11.1. The van der Waals surface area contributed by atoms with Crippen LogP contribution in [0, 0.1) is 16.0 Å². The SMILES string of the molecule is CC(C)[C@H]1[C@H]([N+](=O)[O-])CC(=O)N1Cc1ccccc1. The van der Waals surface area contributed by atoms with Crippen LogP contribution in [0.5, 0.6) is 0 Å². The first-order valence-corrected chi connectivity index (χ1v) is 6.47. The molecule has 102 valence electrons. The topological polar surface area (TPSA) is 63.5 Å². The molecule has 0 unspecified atom stereocenters. The quantitative estimate of drug-likeness (QED) is 0.616. The first-order valence-electron chi connectivity index (χ1n) is 6.47. The largest absolute Gasteiger partial charge is 0.328 e. The van der Waals surface area contributed by atoms with Gasteiger partial charge in [-0.25, -0.2) is 0 Å². The molecule has 5 nitrogen and oxygen atoms in total. The number of hydrogen-bond donors (Lipinski definition) is 0. The third-order valence-corrected chi connectivity index (χ3v) is 3.61. The number of hydrogen-bond acceptors (Lipinski definition) is 3. The van der Waals surface area contributed by atoms with Gasteiger partial charge in [0.1, 0.15) is 6.04 Å². The van der Waals surface area contributed by atoms with Crippen molar-refractivity contribution in [3.63, 3.8) is 0 Å². The van der Waals surface area contributed by atoms with Crippen molar-refractivity contribution in [2.24, 2.45) is 5.92 Å². The summed E-state index contributed by atoms with van der Waals surface area (Å²) < 4.78 is 0. The average Bonchev–Trinajstić information content (AvgIpc) is 2.68. The van der Waals surface area contributed by atoms with Gasteiger partial charge in [0.2, 0.25) is 11.9 Å². The minimum Gasteiger partial charge on any atom is -0.328 e. The van der Waals surface area contributed by atoms with E-state index in [2.05, 4.69) is 0 Å². The molecule has 1 aromatic carbocycles. The zero-order chi connectivity index (χ0) is 14.0. The standard InChI is InChI=1S/C14H18N2O3/c1-10(2)14-12(16(18)19)8-13(17)15(14)9-11-6-4-3-5-7-11/h3-7,10,12,14H,8-9H2,1-2H3/t12-,14+/m1/s1. The molecule has 1 aliphatic heterocycles. The molecule has 5 heteroatoms. The fourth-order valence-electron chi connectivity index (χ4n) is 2.77. The summed E-state index contributed by atoms with van der Waals surface area (Å²) in [6.45, 7) is 4.31. The van der Waals surface area contributed by atoms with Crippen LogP contribution in [0.2, 0.25) is 0 Å². The lowest BCUT2D eigenvalue weighted by atomic mass is 9.97. The van der Waals surface area contributed by atoms with Crippen molar-refractivity contribution in [2.75, 3.05) is 0 Å². The first-order chi connectivity index (χ1) is 9.00. The van der Waals surface area contributed by atoms with Gasteiger partial charge < -0.3 is 4.90 Å². The fraction of sp³-hybridized carbons (Fsp3) is 0.500. The highest BCUT2D eigenvalue weighted by Gasteiger charge is 2.48. The molecular weight excluding hydrogens is 244 g/mol. The van der Waals surface area contributed by atoms with Gasteiger partial charge in [-0.2, -0.15) is 0 Å². The van der Waals surface area contributed by atoms with Crippen LogP contribution in [-0.4, -0.2) is 27.8 Å². The minimum absolute atomic E-state index is 0.0165. The first kappa shape index (κ1) is 13.5. The second-order valence-corrected chi connectivity index (χ2v) is 5.30. The van der Waals surface area contributed by atoms with Gasteiger partial charge in [-0.1, -0.05) is 44.2 Å². The molecule has 1 heterocycles. The summed E-state index contributed by atoms with van der Waals surface area (Å²) in [6, 6.07) is 8.50. The Morgan fingerprint density at radius 1 is 1.37 bits per heavy atom. The van der Waals surface area contributed by atoms with Gasteiger partial charge in [-0.05, 0) is 11.5 Å². The van der Waals surface area contributed by atoms with Crippen LogP contribution in [0.15, 0.2) is 30.3 Å². The van der Waals surface area contributed by atoms with Gasteiger partial charge in [0, 0.05) is 11.5 Å². The molecule has 1 saturated heterocycles. The molecule has 1 fully saturated rings. The zero-order valence-corrected chi connectivity index (χ0v) is 11.2. The van der Waals surface area contributed by atoms with Crippen LogP contribution < -0.4 is 0 Å². The van der Waals surface area contributed by atoms with Gasteiger partial charge in [0.05, 0.1) is 6.42 Å². The Kier molecular flexibility index (Phi) is 3.83. The Morgan fingerprint density at radius 2 is 2.00 bits per heavy atom. The Bertz CT molecular complexity index is 473. The van der Waals surface area contributed by atoms with Crippen LogP contribution in [-0.2, 0) is 11.3 Å². The van der Waals surface area contributed by atoms with Crippen LogP contribution in [0.4, 0.5) is 0 Å². The maximum Gasteiger partial charge on any atom is 0.242 e. The van der Waals surface area contributed by atoms with Crippen molar-refractivity contribution in [1.29, 1.82) is 0 Å². The minimum atomic E-state index is -0.781. The van der Waals surface area contributed by atoms with E-state index in [4.69, 9.17) is 0 Å². The second-order valence-electron chi connectivity index (χ2n) is 5.30. The number of nitro groups is 1. The maximum absolute atomic E-state index is 12.0. The molecule has 19 heavy (non-hydrogen) atoms. The summed E-state index contributed by atoms with van der Waals surface area (Å²) in [7, 11) is 0. The van der Waals surface area contributed by atoms with E-state index in [0.29, 0.717) is 6.54 Å². The molecule has 2 rings (SSSR count). The van der Waals surface area contributed by atoms with Gasteiger partial charge in [0.15, 0.2) is 0 Å². The Labute approximate surface area is 112 Å². The van der Waals surface area contributed by atoms with E-state index >= 15 is 0 Å². The van der Waals surface area contributed by atoms with E-state index in [9.17, 15) is 14.9 Å². The zero-order valence-electron chi connectivity index (χ0n) is 11.2. The van der Waals surface area contributed by atoms with Gasteiger partial charge in [0.25, 0.3) is 0 Å². The second kappa shape index (κ2) is 5.38. The van der Waals surface area contributed by atoms with E-state index < -0.39 is 6.04 Å². The monoisotopic (exact) mass is 262 g/mol. The number of likely N-dealkylation sites (tertiary alicyclic amines) is 1. The molecule has 0 saturated carbocycles. The van der Waals surface area contributed by atoms with E-state index in [0.717, 1.165) is 5.56 Å². The third-order valence-electron chi connectivity index (χ3n) is 3.61. The normalized spacial score (nSPS) is 23.1. The van der Waals surface area contributed by atoms with Gasteiger partial charge in [-0.3, -0.25) is 14.9 Å². The number of rotatable bonds is 4. The Morgan fingerprint density at radius 3 is 2.53 bits per heavy atom. The molecule has 0 aliphatic carbocycles. The Balaban J connectivity index is 2.22. The smallest absolute Gasteiger partial charge is 0.242 e. The lowest BCUT2D eigenvalue weighted by Crippen LogP contribution is -2.43. The summed E-state index contributed by atoms with van der Waals surface area (Å²) in [4.78, 5) is 24.5. The van der Waals surface area contributed by atoms with E-state index in [1.807, 2.05) is 44.2 Å². The number of carbonyl (C=O) groups excluding carboxylic acids is 1. The predicted octanol–water partition coefficient (Wildman–Crippen LogP) is 2.09. The van der Waals surface area contributed by atoms with Crippen LogP contribution >= 0.6 is 0 Å². The van der Waals surface area contributed by atoms with Gasteiger partial charge in [-0.15, -0.1) is 0 Å². The van der Waals surface area contributed by atoms with Crippen molar-refractivity contribution < 1.29 is 9.72 Å². The van der Waals surface area contributed by atoms with Crippen LogP contribution in [0.25, 0.3) is 0 Å². The predicted molar refractivity (Wildman–Crippen MR) is 71.0 cm³/mol. The molecule has 0 radical (unpaired) electrons. The van der Waals surface area contributed by atoms with Crippen molar-refractivity contribution in [3.05, 3.63) is 46.0 Å². The van der Waals surface area contributed by atoms with Crippen molar-refractivity contribution >= 4 is 5.91 Å². The van der Waals surface area contributed by atoms with Crippen molar-refractivity contribution in [3.8, 4) is 0 Å². The molecule has 0 spiro atoms. The van der Waals surface area contributed by atoms with Crippen molar-refractivity contribution in [1.82, 2.24) is 4.90 Å². The summed E-state index contributed by atoms with van der Waals surface area (Å²) in [6.07, 6.45) is 0.0165. The molecule has 0 bridgehead atoms. The Hall–Kier alpha value is -1.91. The molecule has 1 amide bonds. The fourth-order valence-corrected chi connectivity index (χ4v) is 2.77. The number of nitrogens with zero attached hydrogens (tertiary/aromatic N) is 2. The number of amides is 1. The molecule has 0 N–H and O–H groups in total. The molecule has 1 aliphatic rings. The molecule has 2 atom stereocenters. The molecule has 0 aromatic heterocycles. The highest BCUT2D eigenvalue weighted by Crippen LogP contribution is 2.29. The van der Waals surface area contributed by atoms with E-state index in [1.165, 1.54) is 0 Å². The summed E-state index contributed by atoms with van der Waals surface area (Å²) >= 11 is 0. The van der Waals surface area contributed by atoms with Crippen LogP contribution in [0.1, 0.15) is 25.8 Å². The number of carbonyl (C=O) groups is 1. The number of benzene rings is 1. The van der Waals surface area contributed by atoms with E-state index in [1.54, 1.807) is 4.90 Å². The highest BCUT2D eigenvalue weighted by molar-refractivity contribution is 5.79. The van der Waals surface area contributed by atoms with Crippen molar-refractivity contribution in [2.45, 2.75) is 38.9 Å². The summed E-state index contributed by atoms with van der Waals surface area (Å²) in [5.41, 5.74) is 1.01. The maximum atomic E-state index is 12.0. The lowest BCUT2D eigenvalue weighted by Gasteiger charge is -2.28. The highest BCUT2D eigenvalue weighted by atomic mass is 16.6. The summed E-state index contributed by atoms with van der Waals surface area (Å²) in [5.74, 6) is -0.0465. The third kappa shape index (κ3) is 2.75. The lowest BCUT2D eigenvalue weighted by molar-refractivity contribution is -0.525. The van der Waals surface area contributed by atoms with Gasteiger partial charge >= 0.3 is 0 Å². The van der Waals surface area contributed by atoms with E-state index in [-0.39, 0.29) is 29.2 Å². The molecule has 1 aromatic rings. The van der Waals surface area contributed by atoms with Crippen LogP contribution in [0.3, 0.4) is 0 Å².